The summed E-state index contributed by atoms with van der Waals surface area (Å²) < 4.78 is 0. The van der Waals surface area contributed by atoms with Crippen LogP contribution in [0.25, 0.3) is 5.70 Å². The Hall–Kier alpha value is -2.33. The van der Waals surface area contributed by atoms with E-state index >= 15 is 0 Å². The lowest BCUT2D eigenvalue weighted by molar-refractivity contribution is -0.125. The van der Waals surface area contributed by atoms with Gasteiger partial charge in [-0.1, -0.05) is 56.9 Å². The summed E-state index contributed by atoms with van der Waals surface area (Å²) >= 11 is 0. The molecule has 4 nitrogen and oxygen atoms in total. The predicted octanol–water partition coefficient (Wildman–Crippen LogP) is 4.80. The highest BCUT2D eigenvalue weighted by Crippen LogP contribution is 2.38. The summed E-state index contributed by atoms with van der Waals surface area (Å²) in [5, 5.41) is 2.92. The standard InChI is InChI=1S/C26H35N3O/c1-5-6-18(2)16-28-13-11-21(12-14-28)22-8-9-24-20(4)29(17-23(24)15-22)25-10-7-19(3)27-26(25)30/h8-9,15,21,25H,2-7,10-14,16-17H2,1H3,(H,27,30). The third-order valence-corrected chi connectivity index (χ3v) is 6.94. The lowest BCUT2D eigenvalue weighted by Gasteiger charge is -2.33. The number of rotatable bonds is 6. The predicted molar refractivity (Wildman–Crippen MR) is 124 cm³/mol. The smallest absolute Gasteiger partial charge is 0.246 e. The molecule has 0 saturated carbocycles. The molecule has 1 aromatic carbocycles. The number of hydrogen-bond acceptors (Lipinski definition) is 3. The Kier molecular flexibility index (Phi) is 6.14. The molecule has 1 amide bonds. The fourth-order valence-corrected chi connectivity index (χ4v) is 5.24. The summed E-state index contributed by atoms with van der Waals surface area (Å²) in [5.74, 6) is 0.673. The van der Waals surface area contributed by atoms with Crippen LogP contribution in [-0.4, -0.2) is 41.4 Å². The van der Waals surface area contributed by atoms with E-state index in [9.17, 15) is 4.79 Å². The average molecular weight is 406 g/mol. The number of amides is 1. The average Bonchev–Trinajstić information content (AvgIpc) is 3.04. The molecule has 3 aliphatic heterocycles. The largest absolute Gasteiger partial charge is 0.355 e. The first-order valence-electron chi connectivity index (χ1n) is 11.4. The Morgan fingerprint density at radius 3 is 2.67 bits per heavy atom. The van der Waals surface area contributed by atoms with Crippen molar-refractivity contribution < 1.29 is 4.79 Å². The molecular weight excluding hydrogens is 370 g/mol. The molecule has 1 unspecified atom stereocenters. The van der Waals surface area contributed by atoms with Crippen molar-refractivity contribution in [2.45, 2.75) is 64.0 Å². The second kappa shape index (κ2) is 8.81. The molecule has 3 aliphatic rings. The fraction of sp³-hybridized carbons (Fsp3) is 0.500. The van der Waals surface area contributed by atoms with Gasteiger partial charge in [0.05, 0.1) is 0 Å². The number of fused-ring (bicyclic) bond motifs is 1. The molecule has 30 heavy (non-hydrogen) atoms. The van der Waals surface area contributed by atoms with Gasteiger partial charge < -0.3 is 10.2 Å². The summed E-state index contributed by atoms with van der Waals surface area (Å²) in [6.45, 7) is 18.8. The van der Waals surface area contributed by atoms with Crippen molar-refractivity contribution >= 4 is 11.6 Å². The normalized spacial score (nSPS) is 22.9. The summed E-state index contributed by atoms with van der Waals surface area (Å²) in [5.41, 5.74) is 7.12. The monoisotopic (exact) mass is 405 g/mol. The minimum absolute atomic E-state index is 0.0532. The number of carbonyl (C=O) groups excluding carboxylic acids is 1. The number of piperidine rings is 2. The molecule has 3 heterocycles. The Balaban J connectivity index is 1.39. The minimum Gasteiger partial charge on any atom is -0.355 e. The first kappa shape index (κ1) is 20.9. The summed E-state index contributed by atoms with van der Waals surface area (Å²) in [6, 6.07) is 6.74. The van der Waals surface area contributed by atoms with E-state index in [0.717, 1.165) is 56.8 Å². The zero-order valence-corrected chi connectivity index (χ0v) is 18.4. The summed E-state index contributed by atoms with van der Waals surface area (Å²) in [6.07, 6.45) is 6.38. The summed E-state index contributed by atoms with van der Waals surface area (Å²) in [7, 11) is 0. The van der Waals surface area contributed by atoms with Gasteiger partial charge in [-0.05, 0) is 62.2 Å². The van der Waals surface area contributed by atoms with Crippen LogP contribution in [-0.2, 0) is 11.3 Å². The van der Waals surface area contributed by atoms with Gasteiger partial charge in [-0.15, -0.1) is 0 Å². The van der Waals surface area contributed by atoms with Crippen molar-refractivity contribution in [1.29, 1.82) is 0 Å². The van der Waals surface area contributed by atoms with Crippen LogP contribution in [0, 0.1) is 0 Å². The van der Waals surface area contributed by atoms with Crippen LogP contribution in [0.15, 0.2) is 49.2 Å². The topological polar surface area (TPSA) is 35.6 Å². The van der Waals surface area contributed by atoms with Gasteiger partial charge in [0.2, 0.25) is 5.91 Å². The van der Waals surface area contributed by atoms with E-state index in [1.54, 1.807) is 0 Å². The van der Waals surface area contributed by atoms with Gasteiger partial charge in [-0.3, -0.25) is 9.69 Å². The molecule has 1 N–H and O–H groups in total. The number of hydrogen-bond donors (Lipinski definition) is 1. The van der Waals surface area contributed by atoms with E-state index in [1.807, 2.05) is 0 Å². The first-order valence-corrected chi connectivity index (χ1v) is 11.4. The van der Waals surface area contributed by atoms with Crippen molar-refractivity contribution in [3.05, 3.63) is 65.9 Å². The number of allylic oxidation sites excluding steroid dienone is 1. The van der Waals surface area contributed by atoms with Gasteiger partial charge >= 0.3 is 0 Å². The van der Waals surface area contributed by atoms with Crippen LogP contribution >= 0.6 is 0 Å². The van der Waals surface area contributed by atoms with Crippen LogP contribution in [0.1, 0.15) is 68.1 Å². The molecule has 0 spiro atoms. The van der Waals surface area contributed by atoms with Gasteiger partial charge in [0, 0.05) is 30.0 Å². The van der Waals surface area contributed by atoms with Crippen molar-refractivity contribution in [2.75, 3.05) is 19.6 Å². The van der Waals surface area contributed by atoms with Crippen molar-refractivity contribution in [3.8, 4) is 0 Å². The molecule has 2 saturated heterocycles. The number of benzene rings is 1. The van der Waals surface area contributed by atoms with E-state index in [-0.39, 0.29) is 11.9 Å². The Bertz CT molecular complexity index is 863. The highest BCUT2D eigenvalue weighted by atomic mass is 16.2. The van der Waals surface area contributed by atoms with Crippen LogP contribution < -0.4 is 5.32 Å². The van der Waals surface area contributed by atoms with E-state index in [2.05, 4.69) is 60.0 Å². The lowest BCUT2D eigenvalue weighted by Crippen LogP contribution is -2.47. The highest BCUT2D eigenvalue weighted by molar-refractivity contribution is 5.87. The molecule has 2 fully saturated rings. The number of nitrogens with one attached hydrogen (secondary N) is 1. The molecule has 0 aliphatic carbocycles. The van der Waals surface area contributed by atoms with Crippen LogP contribution in [0.5, 0.6) is 0 Å². The maximum atomic E-state index is 12.5. The van der Waals surface area contributed by atoms with E-state index < -0.39 is 0 Å². The van der Waals surface area contributed by atoms with Crippen molar-refractivity contribution in [3.63, 3.8) is 0 Å². The van der Waals surface area contributed by atoms with Gasteiger partial charge in [0.25, 0.3) is 0 Å². The quantitative estimate of drug-likeness (QED) is 0.691. The first-order chi connectivity index (χ1) is 14.5. The third kappa shape index (κ3) is 4.24. The van der Waals surface area contributed by atoms with Gasteiger partial charge in [-0.25, -0.2) is 0 Å². The zero-order chi connectivity index (χ0) is 21.3. The van der Waals surface area contributed by atoms with E-state index in [4.69, 9.17) is 0 Å². The second-order valence-corrected chi connectivity index (χ2v) is 9.19. The van der Waals surface area contributed by atoms with Gasteiger partial charge in [-0.2, -0.15) is 0 Å². The summed E-state index contributed by atoms with van der Waals surface area (Å²) in [4.78, 5) is 17.2. The molecule has 0 radical (unpaired) electrons. The van der Waals surface area contributed by atoms with Crippen LogP contribution in [0.3, 0.4) is 0 Å². The molecule has 0 bridgehead atoms. The molecule has 4 heteroatoms. The Morgan fingerprint density at radius 2 is 1.97 bits per heavy atom. The number of carbonyl (C=O) groups is 1. The molecule has 1 aromatic rings. The second-order valence-electron chi connectivity index (χ2n) is 9.19. The molecule has 4 rings (SSSR count). The van der Waals surface area contributed by atoms with Crippen LogP contribution in [0.2, 0.25) is 0 Å². The van der Waals surface area contributed by atoms with Crippen molar-refractivity contribution in [1.82, 2.24) is 15.1 Å². The molecule has 1 atom stereocenters. The molecule has 0 aromatic heterocycles. The number of likely N-dealkylation sites (tertiary alicyclic amines) is 1. The van der Waals surface area contributed by atoms with Gasteiger partial charge in [0.15, 0.2) is 0 Å². The zero-order valence-electron chi connectivity index (χ0n) is 18.4. The third-order valence-electron chi connectivity index (χ3n) is 6.94. The molecular formula is C26H35N3O. The van der Waals surface area contributed by atoms with E-state index in [1.165, 1.54) is 41.5 Å². The lowest BCUT2D eigenvalue weighted by atomic mass is 9.87. The molecule has 160 valence electrons. The SMILES string of the molecule is C=C(CCC)CN1CCC(c2ccc3c(c2)CN(C2CCC(=C)NC2=O)C3=C)CC1. The maximum absolute atomic E-state index is 12.5. The number of nitrogens with zero attached hydrogens (tertiary/aromatic N) is 2. The highest BCUT2D eigenvalue weighted by Gasteiger charge is 2.35. The Morgan fingerprint density at radius 1 is 1.20 bits per heavy atom. The maximum Gasteiger partial charge on any atom is 0.246 e. The van der Waals surface area contributed by atoms with E-state index in [0.29, 0.717) is 5.92 Å². The van der Waals surface area contributed by atoms with Crippen molar-refractivity contribution in [2.24, 2.45) is 0 Å². The van der Waals surface area contributed by atoms with Crippen LogP contribution in [0.4, 0.5) is 0 Å². The minimum atomic E-state index is -0.140. The Labute approximate surface area is 181 Å². The fourth-order valence-electron chi connectivity index (χ4n) is 5.24. The van der Waals surface area contributed by atoms with Gasteiger partial charge in [0.1, 0.15) is 6.04 Å².